The van der Waals surface area contributed by atoms with Crippen molar-refractivity contribution in [2.24, 2.45) is 0 Å². The highest BCUT2D eigenvalue weighted by Gasteiger charge is 2.12. The molecule has 0 fully saturated rings. The Bertz CT molecular complexity index is 409. The van der Waals surface area contributed by atoms with Crippen LogP contribution in [-0.2, 0) is 6.42 Å². The Labute approximate surface area is 122 Å². The van der Waals surface area contributed by atoms with Gasteiger partial charge in [-0.25, -0.2) is 9.97 Å². The molecule has 0 bridgehead atoms. The monoisotopic (exact) mass is 280 g/mol. The van der Waals surface area contributed by atoms with E-state index < -0.39 is 0 Å². The van der Waals surface area contributed by atoms with Crippen LogP contribution in [0.15, 0.2) is 0 Å². The maximum Gasteiger partial charge on any atom is 0.134 e. The van der Waals surface area contributed by atoms with Crippen LogP contribution in [0.5, 0.6) is 0 Å². The second-order valence-electron chi connectivity index (χ2n) is 5.15. The van der Waals surface area contributed by atoms with E-state index in [1.807, 2.05) is 6.92 Å². The van der Waals surface area contributed by atoms with E-state index in [9.17, 15) is 0 Å². The van der Waals surface area contributed by atoms with Gasteiger partial charge in [0, 0.05) is 31.2 Å². The van der Waals surface area contributed by atoms with Crippen LogP contribution >= 0.6 is 0 Å². The summed E-state index contributed by atoms with van der Waals surface area (Å²) in [6, 6.07) is 0.291. The molecule has 0 saturated carbocycles. The molecule has 20 heavy (non-hydrogen) atoms. The van der Waals surface area contributed by atoms with E-state index in [-0.39, 0.29) is 6.61 Å². The number of rotatable bonds is 9. The zero-order valence-corrected chi connectivity index (χ0v) is 13.2. The molecule has 5 nitrogen and oxygen atoms in total. The van der Waals surface area contributed by atoms with Crippen LogP contribution in [0.25, 0.3) is 0 Å². The Morgan fingerprint density at radius 1 is 1.20 bits per heavy atom. The van der Waals surface area contributed by atoms with Gasteiger partial charge in [0.05, 0.1) is 0 Å². The first-order valence-electron chi connectivity index (χ1n) is 7.61. The first kappa shape index (κ1) is 16.7. The maximum atomic E-state index is 8.90. The fourth-order valence-corrected chi connectivity index (χ4v) is 1.98. The van der Waals surface area contributed by atoms with E-state index in [4.69, 9.17) is 5.11 Å². The molecule has 0 aliphatic carbocycles. The van der Waals surface area contributed by atoms with Gasteiger partial charge in [0.2, 0.25) is 0 Å². The summed E-state index contributed by atoms with van der Waals surface area (Å²) in [7, 11) is 0. The van der Waals surface area contributed by atoms with Crippen LogP contribution in [0.3, 0.4) is 0 Å². The predicted molar refractivity (Wildman–Crippen MR) is 84.3 cm³/mol. The molecule has 0 spiro atoms. The second-order valence-corrected chi connectivity index (χ2v) is 5.15. The minimum absolute atomic E-state index is 0.234. The fourth-order valence-electron chi connectivity index (χ4n) is 1.98. The zero-order chi connectivity index (χ0) is 15.0. The van der Waals surface area contributed by atoms with E-state index in [1.54, 1.807) is 0 Å². The number of aromatic nitrogens is 2. The van der Waals surface area contributed by atoms with Gasteiger partial charge < -0.3 is 15.7 Å². The molecule has 1 atom stereocenters. The lowest BCUT2D eigenvalue weighted by molar-refractivity contribution is 0.282. The number of aryl methyl sites for hydroxylation is 1. The zero-order valence-electron chi connectivity index (χ0n) is 13.2. The minimum Gasteiger partial charge on any atom is -0.396 e. The van der Waals surface area contributed by atoms with Crippen LogP contribution in [0.4, 0.5) is 11.6 Å². The van der Waals surface area contributed by atoms with Crippen molar-refractivity contribution in [2.75, 3.05) is 23.8 Å². The quantitative estimate of drug-likeness (QED) is 0.649. The Morgan fingerprint density at radius 3 is 2.50 bits per heavy atom. The minimum atomic E-state index is 0.234. The normalized spacial score (nSPS) is 12.2. The van der Waals surface area contributed by atoms with Gasteiger partial charge in [-0.1, -0.05) is 13.8 Å². The van der Waals surface area contributed by atoms with Crippen molar-refractivity contribution in [1.82, 2.24) is 9.97 Å². The molecule has 0 saturated heterocycles. The number of aliphatic hydroxyl groups is 1. The first-order chi connectivity index (χ1) is 9.62. The molecule has 1 unspecified atom stereocenters. The molecule has 0 aliphatic rings. The van der Waals surface area contributed by atoms with Gasteiger partial charge >= 0.3 is 0 Å². The van der Waals surface area contributed by atoms with Gasteiger partial charge in [0.15, 0.2) is 0 Å². The lowest BCUT2D eigenvalue weighted by atomic mass is 10.2. The van der Waals surface area contributed by atoms with Crippen molar-refractivity contribution in [3.8, 4) is 0 Å². The third kappa shape index (κ3) is 4.96. The summed E-state index contributed by atoms with van der Waals surface area (Å²) in [4.78, 5) is 9.14. The molecule has 0 aliphatic heterocycles. The highest BCUT2D eigenvalue weighted by Crippen LogP contribution is 2.21. The second kappa shape index (κ2) is 8.74. The van der Waals surface area contributed by atoms with E-state index in [0.29, 0.717) is 6.04 Å². The van der Waals surface area contributed by atoms with Crippen molar-refractivity contribution in [1.29, 1.82) is 0 Å². The molecule has 0 aromatic carbocycles. The van der Waals surface area contributed by atoms with Gasteiger partial charge in [-0.05, 0) is 33.1 Å². The first-order valence-corrected chi connectivity index (χ1v) is 7.61. The summed E-state index contributed by atoms with van der Waals surface area (Å²) in [6.07, 6.45) is 3.63. The van der Waals surface area contributed by atoms with E-state index in [1.165, 1.54) is 0 Å². The number of nitrogens with one attached hydrogen (secondary N) is 2. The Morgan fingerprint density at radius 2 is 1.90 bits per heavy atom. The molecule has 3 N–H and O–H groups in total. The summed E-state index contributed by atoms with van der Waals surface area (Å²) < 4.78 is 0. The molecule has 1 aromatic rings. The van der Waals surface area contributed by atoms with Crippen molar-refractivity contribution in [3.05, 3.63) is 11.4 Å². The van der Waals surface area contributed by atoms with E-state index >= 15 is 0 Å². The molecule has 0 radical (unpaired) electrons. The van der Waals surface area contributed by atoms with Gasteiger partial charge in [-0.15, -0.1) is 0 Å². The Balaban J connectivity index is 2.87. The van der Waals surface area contributed by atoms with E-state index in [0.717, 1.165) is 55.3 Å². The summed E-state index contributed by atoms with van der Waals surface area (Å²) in [5.41, 5.74) is 1.06. The standard InChI is InChI=1S/C15H28N4O/c1-5-9-16-14-12(4)15(19-13(6-2)18-14)17-11(3)8-7-10-20/h11,20H,5-10H2,1-4H3,(H2,16,17,18,19). The topological polar surface area (TPSA) is 70.1 Å². The maximum absolute atomic E-state index is 8.90. The summed E-state index contributed by atoms with van der Waals surface area (Å²) in [5, 5.41) is 15.7. The molecule has 0 amide bonds. The largest absolute Gasteiger partial charge is 0.396 e. The third-order valence-electron chi connectivity index (χ3n) is 3.23. The van der Waals surface area contributed by atoms with E-state index in [2.05, 4.69) is 41.4 Å². The Hall–Kier alpha value is -1.36. The smallest absolute Gasteiger partial charge is 0.134 e. The summed E-state index contributed by atoms with van der Waals surface area (Å²) in [5.74, 6) is 2.68. The predicted octanol–water partition coefficient (Wildman–Crippen LogP) is 2.74. The third-order valence-corrected chi connectivity index (χ3v) is 3.23. The van der Waals surface area contributed by atoms with Gasteiger partial charge in [0.1, 0.15) is 17.5 Å². The number of nitrogens with zero attached hydrogens (tertiary/aromatic N) is 2. The van der Waals surface area contributed by atoms with Crippen LogP contribution in [0.1, 0.15) is 51.4 Å². The summed E-state index contributed by atoms with van der Waals surface area (Å²) >= 11 is 0. The lowest BCUT2D eigenvalue weighted by Crippen LogP contribution is -2.19. The highest BCUT2D eigenvalue weighted by molar-refractivity contribution is 5.57. The average Bonchev–Trinajstić information content (AvgIpc) is 2.45. The molecule has 1 rings (SSSR count). The number of hydrogen-bond donors (Lipinski definition) is 3. The lowest BCUT2D eigenvalue weighted by Gasteiger charge is -2.18. The SMILES string of the molecule is CCCNc1nc(CC)nc(NC(C)CCCO)c1C. The number of anilines is 2. The molecule has 1 aromatic heterocycles. The molecule has 114 valence electrons. The number of aliphatic hydroxyl groups excluding tert-OH is 1. The number of hydrogen-bond acceptors (Lipinski definition) is 5. The molecule has 1 heterocycles. The average molecular weight is 280 g/mol. The van der Waals surface area contributed by atoms with Crippen molar-refractivity contribution in [2.45, 2.75) is 59.4 Å². The fraction of sp³-hybridized carbons (Fsp3) is 0.733. The van der Waals surface area contributed by atoms with Crippen LogP contribution < -0.4 is 10.6 Å². The highest BCUT2D eigenvalue weighted by atomic mass is 16.2. The Kier molecular flexibility index (Phi) is 7.30. The van der Waals surface area contributed by atoms with Gasteiger partial charge in [0.25, 0.3) is 0 Å². The van der Waals surface area contributed by atoms with Gasteiger partial charge in [-0.2, -0.15) is 0 Å². The van der Waals surface area contributed by atoms with Crippen molar-refractivity contribution >= 4 is 11.6 Å². The van der Waals surface area contributed by atoms with Crippen molar-refractivity contribution in [3.63, 3.8) is 0 Å². The van der Waals surface area contributed by atoms with Crippen LogP contribution in [-0.4, -0.2) is 34.3 Å². The molecule has 5 heteroatoms. The summed E-state index contributed by atoms with van der Waals surface area (Å²) in [6.45, 7) is 9.51. The van der Waals surface area contributed by atoms with Gasteiger partial charge in [-0.3, -0.25) is 0 Å². The molecular formula is C15H28N4O. The van der Waals surface area contributed by atoms with Crippen LogP contribution in [0.2, 0.25) is 0 Å². The van der Waals surface area contributed by atoms with Crippen LogP contribution in [0, 0.1) is 6.92 Å². The van der Waals surface area contributed by atoms with Crippen molar-refractivity contribution < 1.29 is 5.11 Å². The molecular weight excluding hydrogens is 252 g/mol.